The number of ether oxygens (including phenoxy) is 3. The van der Waals surface area contributed by atoms with Gasteiger partial charge in [-0.1, -0.05) is 34.6 Å². The van der Waals surface area contributed by atoms with Gasteiger partial charge in [-0.05, 0) is 17.7 Å². The van der Waals surface area contributed by atoms with Crippen LogP contribution < -0.4 is 25.7 Å². The smallest absolute Gasteiger partial charge is 0.203 e. The molecule has 0 atom stereocenters. The minimum atomic E-state index is 0.191. The SMILES string of the molecule is CO/N=C(\N)c1ccc(COc2c(OC)cc(/C(N)=N/OC)cc2OC)cc1. The predicted molar refractivity (Wildman–Crippen MR) is 106 cm³/mol. The van der Waals surface area contributed by atoms with Gasteiger partial charge >= 0.3 is 0 Å². The second kappa shape index (κ2) is 9.91. The Bertz CT molecular complexity index is 825. The van der Waals surface area contributed by atoms with Crippen molar-refractivity contribution in [2.75, 3.05) is 28.4 Å². The average Bonchev–Trinajstić information content (AvgIpc) is 2.72. The van der Waals surface area contributed by atoms with Gasteiger partial charge < -0.3 is 35.4 Å². The minimum absolute atomic E-state index is 0.191. The van der Waals surface area contributed by atoms with Gasteiger partial charge in [0.1, 0.15) is 20.8 Å². The quantitative estimate of drug-likeness (QED) is 0.381. The van der Waals surface area contributed by atoms with Crippen molar-refractivity contribution in [1.82, 2.24) is 0 Å². The molecular formula is C19H24N4O5. The summed E-state index contributed by atoms with van der Waals surface area (Å²) in [5, 5.41) is 7.42. The van der Waals surface area contributed by atoms with Gasteiger partial charge in [0.15, 0.2) is 23.2 Å². The molecule has 0 aliphatic carbocycles. The van der Waals surface area contributed by atoms with Crippen LogP contribution >= 0.6 is 0 Å². The molecule has 2 aromatic carbocycles. The van der Waals surface area contributed by atoms with E-state index in [1.165, 1.54) is 28.4 Å². The fourth-order valence-electron chi connectivity index (χ4n) is 2.40. The molecule has 0 spiro atoms. The molecule has 4 N–H and O–H groups in total. The zero-order valence-electron chi connectivity index (χ0n) is 16.3. The molecule has 0 aliphatic rings. The lowest BCUT2D eigenvalue weighted by atomic mass is 10.1. The van der Waals surface area contributed by atoms with E-state index < -0.39 is 0 Å². The standard InChI is InChI=1S/C19H24N4O5/c1-24-15-9-14(19(21)23-27-4)10-16(25-2)17(15)28-11-12-5-7-13(8-6-12)18(20)22-26-3/h5-10H,11H2,1-4H3,(H2,20,22)(H2,21,23). The molecule has 0 radical (unpaired) electrons. The van der Waals surface area contributed by atoms with Crippen molar-refractivity contribution in [3.05, 3.63) is 53.1 Å². The minimum Gasteiger partial charge on any atom is -0.493 e. The summed E-state index contributed by atoms with van der Waals surface area (Å²) in [5.74, 6) is 1.85. The summed E-state index contributed by atoms with van der Waals surface area (Å²) in [6.45, 7) is 0.287. The number of methoxy groups -OCH3 is 2. The van der Waals surface area contributed by atoms with Gasteiger partial charge in [-0.3, -0.25) is 0 Å². The van der Waals surface area contributed by atoms with E-state index in [0.29, 0.717) is 28.6 Å². The number of hydrogen-bond acceptors (Lipinski definition) is 7. The first kappa shape index (κ1) is 20.7. The lowest BCUT2D eigenvalue weighted by Gasteiger charge is -2.16. The normalized spacial score (nSPS) is 11.7. The van der Waals surface area contributed by atoms with E-state index in [1.807, 2.05) is 24.3 Å². The van der Waals surface area contributed by atoms with Crippen LogP contribution in [0.2, 0.25) is 0 Å². The summed E-state index contributed by atoms with van der Waals surface area (Å²) in [4.78, 5) is 9.38. The number of amidine groups is 2. The van der Waals surface area contributed by atoms with Gasteiger partial charge in [0.05, 0.1) is 14.2 Å². The van der Waals surface area contributed by atoms with Gasteiger partial charge in [0, 0.05) is 11.1 Å². The number of rotatable bonds is 9. The van der Waals surface area contributed by atoms with Gasteiger partial charge in [-0.25, -0.2) is 0 Å². The fourth-order valence-corrected chi connectivity index (χ4v) is 2.40. The number of hydrogen-bond donors (Lipinski definition) is 2. The van der Waals surface area contributed by atoms with Gasteiger partial charge in [0.2, 0.25) is 5.75 Å². The largest absolute Gasteiger partial charge is 0.493 e. The maximum atomic E-state index is 5.93. The van der Waals surface area contributed by atoms with Crippen molar-refractivity contribution in [3.63, 3.8) is 0 Å². The highest BCUT2D eigenvalue weighted by molar-refractivity contribution is 5.98. The third kappa shape index (κ3) is 4.97. The molecule has 0 saturated carbocycles. The van der Waals surface area contributed by atoms with Crippen molar-refractivity contribution in [2.45, 2.75) is 6.61 Å². The number of nitrogens with zero attached hydrogens (tertiary/aromatic N) is 2. The summed E-state index contributed by atoms with van der Waals surface area (Å²) < 4.78 is 16.8. The molecule has 0 unspecified atom stereocenters. The maximum Gasteiger partial charge on any atom is 0.203 e. The lowest BCUT2D eigenvalue weighted by molar-refractivity contribution is 0.213. The summed E-state index contributed by atoms with van der Waals surface area (Å²) in [7, 11) is 5.91. The molecule has 2 aromatic rings. The van der Waals surface area contributed by atoms with E-state index in [9.17, 15) is 0 Å². The van der Waals surface area contributed by atoms with Crippen molar-refractivity contribution >= 4 is 11.7 Å². The van der Waals surface area contributed by atoms with E-state index in [-0.39, 0.29) is 12.4 Å². The van der Waals surface area contributed by atoms with Crippen LogP contribution in [0.3, 0.4) is 0 Å². The maximum absolute atomic E-state index is 5.93. The molecule has 150 valence electrons. The Morgan fingerprint density at radius 2 is 1.29 bits per heavy atom. The summed E-state index contributed by atoms with van der Waals surface area (Å²) in [5.41, 5.74) is 13.9. The molecule has 9 nitrogen and oxygen atoms in total. The Kier molecular flexibility index (Phi) is 7.32. The van der Waals surface area contributed by atoms with Crippen molar-refractivity contribution < 1.29 is 23.9 Å². The highest BCUT2D eigenvalue weighted by Crippen LogP contribution is 2.39. The third-order valence-electron chi connectivity index (χ3n) is 3.77. The van der Waals surface area contributed by atoms with E-state index in [1.54, 1.807) is 12.1 Å². The molecule has 0 bridgehead atoms. The van der Waals surface area contributed by atoms with E-state index in [4.69, 9.17) is 30.5 Å². The Morgan fingerprint density at radius 1 is 0.786 bits per heavy atom. The zero-order valence-corrected chi connectivity index (χ0v) is 16.3. The van der Waals surface area contributed by atoms with Crippen molar-refractivity contribution in [1.29, 1.82) is 0 Å². The molecule has 9 heteroatoms. The van der Waals surface area contributed by atoms with Crippen LogP contribution in [0, 0.1) is 0 Å². The first-order chi connectivity index (χ1) is 13.5. The van der Waals surface area contributed by atoms with E-state index >= 15 is 0 Å². The van der Waals surface area contributed by atoms with Gasteiger partial charge in [-0.2, -0.15) is 0 Å². The fraction of sp³-hybridized carbons (Fsp3) is 0.263. The van der Waals surface area contributed by atoms with Crippen LogP contribution in [-0.2, 0) is 16.3 Å². The van der Waals surface area contributed by atoms with Crippen LogP contribution in [0.1, 0.15) is 16.7 Å². The lowest BCUT2D eigenvalue weighted by Crippen LogP contribution is -2.14. The first-order valence-corrected chi connectivity index (χ1v) is 8.25. The van der Waals surface area contributed by atoms with Crippen LogP contribution in [0.5, 0.6) is 17.2 Å². The summed E-state index contributed by atoms with van der Waals surface area (Å²) in [6, 6.07) is 10.8. The second-order valence-electron chi connectivity index (χ2n) is 5.51. The number of oxime groups is 2. The van der Waals surface area contributed by atoms with Crippen molar-refractivity contribution in [3.8, 4) is 17.2 Å². The van der Waals surface area contributed by atoms with Crippen LogP contribution in [0.15, 0.2) is 46.7 Å². The monoisotopic (exact) mass is 388 g/mol. The van der Waals surface area contributed by atoms with E-state index in [0.717, 1.165) is 11.1 Å². The molecule has 0 aromatic heterocycles. The van der Waals surface area contributed by atoms with E-state index in [2.05, 4.69) is 15.1 Å². The Morgan fingerprint density at radius 3 is 1.75 bits per heavy atom. The third-order valence-corrected chi connectivity index (χ3v) is 3.77. The average molecular weight is 388 g/mol. The summed E-state index contributed by atoms with van der Waals surface area (Å²) >= 11 is 0. The van der Waals surface area contributed by atoms with Crippen LogP contribution in [-0.4, -0.2) is 40.1 Å². The number of benzene rings is 2. The van der Waals surface area contributed by atoms with Crippen LogP contribution in [0.4, 0.5) is 0 Å². The molecule has 0 fully saturated rings. The molecule has 0 heterocycles. The molecule has 2 rings (SSSR count). The predicted octanol–water partition coefficient (Wildman–Crippen LogP) is 1.82. The van der Waals surface area contributed by atoms with Crippen molar-refractivity contribution in [2.24, 2.45) is 21.8 Å². The zero-order chi connectivity index (χ0) is 20.5. The van der Waals surface area contributed by atoms with Gasteiger partial charge in [-0.15, -0.1) is 0 Å². The Labute approximate surface area is 163 Å². The summed E-state index contributed by atoms with van der Waals surface area (Å²) in [6.07, 6.45) is 0. The Hall–Kier alpha value is -3.62. The highest BCUT2D eigenvalue weighted by atomic mass is 16.6. The molecule has 0 amide bonds. The first-order valence-electron chi connectivity index (χ1n) is 8.25. The molecule has 0 aliphatic heterocycles. The second-order valence-corrected chi connectivity index (χ2v) is 5.51. The van der Waals surface area contributed by atoms with Crippen LogP contribution in [0.25, 0.3) is 0 Å². The Balaban J connectivity index is 2.23. The number of nitrogens with two attached hydrogens (primary N) is 2. The molecular weight excluding hydrogens is 364 g/mol. The topological polar surface area (TPSA) is 123 Å². The molecule has 28 heavy (non-hydrogen) atoms. The van der Waals surface area contributed by atoms with Gasteiger partial charge in [0.25, 0.3) is 0 Å². The molecule has 0 saturated heterocycles. The highest BCUT2D eigenvalue weighted by Gasteiger charge is 2.16.